The Kier molecular flexibility index (Phi) is 2.74. The van der Waals surface area contributed by atoms with Gasteiger partial charge in [-0.1, -0.05) is 42.0 Å². The second-order valence-electron chi connectivity index (χ2n) is 5.05. The fourth-order valence-corrected chi connectivity index (χ4v) is 3.01. The molecule has 2 heterocycles. The molecule has 3 N–H and O–H groups in total. The lowest BCUT2D eigenvalue weighted by Crippen LogP contribution is -2.50. The number of hydrazine groups is 1. The molecule has 3 nitrogen and oxygen atoms in total. The number of fused-ring (bicyclic) bond motifs is 1. The molecule has 0 aliphatic carbocycles. The summed E-state index contributed by atoms with van der Waals surface area (Å²) in [6.45, 7) is 4.43. The third-order valence-electron chi connectivity index (χ3n) is 3.75. The molecule has 1 aromatic carbocycles. The van der Waals surface area contributed by atoms with Crippen molar-refractivity contribution in [1.82, 2.24) is 16.2 Å². The number of nitrogens with one attached hydrogen (secondary N) is 3. The molecule has 4 unspecified atom stereocenters. The monoisotopic (exact) mass is 229 g/mol. The van der Waals surface area contributed by atoms with Crippen LogP contribution < -0.4 is 16.2 Å². The highest BCUT2D eigenvalue weighted by atomic mass is 15.5. The molecule has 4 atom stereocenters. The van der Waals surface area contributed by atoms with Crippen molar-refractivity contribution in [2.45, 2.75) is 32.1 Å². The van der Waals surface area contributed by atoms with Gasteiger partial charge in [-0.15, -0.1) is 0 Å². The maximum Gasteiger partial charge on any atom is 0.0793 e. The second-order valence-corrected chi connectivity index (χ2v) is 5.05. The van der Waals surface area contributed by atoms with Gasteiger partial charge in [0.2, 0.25) is 0 Å². The van der Waals surface area contributed by atoms with E-state index in [1.54, 1.807) is 0 Å². The van der Waals surface area contributed by atoms with E-state index >= 15 is 0 Å². The van der Waals surface area contributed by atoms with Gasteiger partial charge in [0.1, 0.15) is 0 Å². The minimum Gasteiger partial charge on any atom is -0.294 e. The third-order valence-corrected chi connectivity index (χ3v) is 3.75. The summed E-state index contributed by atoms with van der Waals surface area (Å²) in [7, 11) is 0. The molecule has 0 bridgehead atoms. The Morgan fingerprint density at radius 2 is 1.82 bits per heavy atom. The molecule has 0 amide bonds. The zero-order valence-electron chi connectivity index (χ0n) is 10.3. The predicted molar refractivity (Wildman–Crippen MR) is 69.1 cm³/mol. The summed E-state index contributed by atoms with van der Waals surface area (Å²) >= 11 is 0. The van der Waals surface area contributed by atoms with Crippen LogP contribution in [0.15, 0.2) is 42.0 Å². The lowest BCUT2D eigenvalue weighted by molar-refractivity contribution is 0.359. The van der Waals surface area contributed by atoms with E-state index in [1.165, 1.54) is 11.1 Å². The molecule has 0 spiro atoms. The van der Waals surface area contributed by atoms with Gasteiger partial charge in [0.15, 0.2) is 0 Å². The van der Waals surface area contributed by atoms with Crippen LogP contribution in [0, 0.1) is 5.92 Å². The van der Waals surface area contributed by atoms with Crippen LogP contribution in [0.4, 0.5) is 0 Å². The standard InChI is InChI=1S/C14H19N3/c1-9-8-10(2)15-14-12(9)13(16-17-14)11-6-4-3-5-7-11/h3-8,10,12-17H,1-2H3. The van der Waals surface area contributed by atoms with Crippen LogP contribution in [0.5, 0.6) is 0 Å². The van der Waals surface area contributed by atoms with Crippen LogP contribution in [0.3, 0.4) is 0 Å². The van der Waals surface area contributed by atoms with E-state index in [-0.39, 0.29) is 0 Å². The summed E-state index contributed by atoms with van der Waals surface area (Å²) in [5, 5.41) is 3.56. The van der Waals surface area contributed by atoms with Crippen molar-refractivity contribution in [3.05, 3.63) is 47.5 Å². The normalized spacial score (nSPS) is 36.5. The van der Waals surface area contributed by atoms with Gasteiger partial charge in [-0.25, -0.2) is 10.9 Å². The average Bonchev–Trinajstić information content (AvgIpc) is 2.74. The Balaban J connectivity index is 1.92. The molecular formula is C14H19N3. The summed E-state index contributed by atoms with van der Waals surface area (Å²) in [4.78, 5) is 0. The SMILES string of the molecule is CC1=CC(C)NC2NNC(c3ccccc3)C12. The maximum absolute atomic E-state index is 3.56. The molecular weight excluding hydrogens is 210 g/mol. The zero-order chi connectivity index (χ0) is 11.8. The summed E-state index contributed by atoms with van der Waals surface area (Å²) in [5.74, 6) is 0.494. The van der Waals surface area contributed by atoms with E-state index in [1.807, 2.05) is 0 Å². The van der Waals surface area contributed by atoms with Gasteiger partial charge in [-0.3, -0.25) is 5.32 Å². The van der Waals surface area contributed by atoms with Crippen LogP contribution in [-0.2, 0) is 0 Å². The fraction of sp³-hybridized carbons (Fsp3) is 0.429. The maximum atomic E-state index is 3.56. The van der Waals surface area contributed by atoms with Crippen molar-refractivity contribution in [2.75, 3.05) is 0 Å². The first-order valence-corrected chi connectivity index (χ1v) is 6.26. The topological polar surface area (TPSA) is 36.1 Å². The molecule has 3 rings (SSSR count). The molecule has 17 heavy (non-hydrogen) atoms. The molecule has 3 heteroatoms. The van der Waals surface area contributed by atoms with E-state index in [9.17, 15) is 0 Å². The first-order valence-electron chi connectivity index (χ1n) is 6.26. The van der Waals surface area contributed by atoms with E-state index in [4.69, 9.17) is 0 Å². The van der Waals surface area contributed by atoms with Gasteiger partial charge in [-0.05, 0) is 19.4 Å². The predicted octanol–water partition coefficient (Wildman–Crippen LogP) is 1.72. The summed E-state index contributed by atoms with van der Waals surface area (Å²) in [6, 6.07) is 11.4. The smallest absolute Gasteiger partial charge is 0.0793 e. The van der Waals surface area contributed by atoms with E-state index < -0.39 is 0 Å². The average molecular weight is 229 g/mol. The number of hydrogen-bond acceptors (Lipinski definition) is 3. The van der Waals surface area contributed by atoms with Crippen molar-refractivity contribution >= 4 is 0 Å². The lowest BCUT2D eigenvalue weighted by atomic mass is 9.84. The van der Waals surface area contributed by atoms with Gasteiger partial charge in [0, 0.05) is 12.0 Å². The number of benzene rings is 1. The van der Waals surface area contributed by atoms with Gasteiger partial charge >= 0.3 is 0 Å². The van der Waals surface area contributed by atoms with Crippen LogP contribution in [0.1, 0.15) is 25.5 Å². The van der Waals surface area contributed by atoms with E-state index in [2.05, 4.69) is 66.4 Å². The zero-order valence-corrected chi connectivity index (χ0v) is 10.3. The lowest BCUT2D eigenvalue weighted by Gasteiger charge is -2.31. The number of hydrogen-bond donors (Lipinski definition) is 3. The Bertz CT molecular complexity index is 426. The van der Waals surface area contributed by atoms with Crippen molar-refractivity contribution in [2.24, 2.45) is 5.92 Å². The quantitative estimate of drug-likeness (QED) is 0.642. The summed E-state index contributed by atoms with van der Waals surface area (Å²) in [6.07, 6.45) is 2.66. The van der Waals surface area contributed by atoms with Crippen molar-refractivity contribution in [3.63, 3.8) is 0 Å². The van der Waals surface area contributed by atoms with E-state index in [0.717, 1.165) is 0 Å². The highest BCUT2D eigenvalue weighted by Gasteiger charge is 2.39. The largest absolute Gasteiger partial charge is 0.294 e. The molecule has 0 aromatic heterocycles. The highest BCUT2D eigenvalue weighted by Crippen LogP contribution is 2.35. The second kappa shape index (κ2) is 4.26. The Labute approximate surface area is 102 Å². The molecule has 1 saturated heterocycles. The van der Waals surface area contributed by atoms with Crippen molar-refractivity contribution in [1.29, 1.82) is 0 Å². The fourth-order valence-electron chi connectivity index (χ4n) is 3.01. The first-order chi connectivity index (χ1) is 8.25. The summed E-state index contributed by atoms with van der Waals surface area (Å²) < 4.78 is 0. The van der Waals surface area contributed by atoms with Crippen LogP contribution >= 0.6 is 0 Å². The van der Waals surface area contributed by atoms with Crippen LogP contribution in [0.25, 0.3) is 0 Å². The van der Waals surface area contributed by atoms with Gasteiger partial charge in [0.25, 0.3) is 0 Å². The molecule has 0 radical (unpaired) electrons. The van der Waals surface area contributed by atoms with Crippen LogP contribution in [-0.4, -0.2) is 12.2 Å². The van der Waals surface area contributed by atoms with Crippen molar-refractivity contribution in [3.8, 4) is 0 Å². The minimum absolute atomic E-state index is 0.334. The Morgan fingerprint density at radius 3 is 2.59 bits per heavy atom. The van der Waals surface area contributed by atoms with Gasteiger partial charge in [-0.2, -0.15) is 0 Å². The molecule has 2 aliphatic heterocycles. The first kappa shape index (κ1) is 11.0. The molecule has 90 valence electrons. The van der Waals surface area contributed by atoms with Crippen LogP contribution in [0.2, 0.25) is 0 Å². The van der Waals surface area contributed by atoms with E-state index in [0.29, 0.717) is 24.2 Å². The molecule has 2 aliphatic rings. The highest BCUT2D eigenvalue weighted by molar-refractivity contribution is 5.28. The van der Waals surface area contributed by atoms with Gasteiger partial charge in [0.05, 0.1) is 12.2 Å². The molecule has 1 aromatic rings. The Hall–Kier alpha value is -1.16. The van der Waals surface area contributed by atoms with Crippen molar-refractivity contribution < 1.29 is 0 Å². The van der Waals surface area contributed by atoms with Gasteiger partial charge < -0.3 is 0 Å². The molecule has 1 fully saturated rings. The molecule has 0 saturated carbocycles. The Morgan fingerprint density at radius 1 is 1.06 bits per heavy atom. The third kappa shape index (κ3) is 1.90. The number of rotatable bonds is 1. The minimum atomic E-state index is 0.334. The summed E-state index contributed by atoms with van der Waals surface area (Å²) in [5.41, 5.74) is 9.59.